The Kier molecular flexibility index (Phi) is 6.87. The molecule has 1 amide bonds. The lowest BCUT2D eigenvalue weighted by Crippen LogP contribution is -2.46. The molecule has 1 aliphatic rings. The summed E-state index contributed by atoms with van der Waals surface area (Å²) < 4.78 is 0. The molecule has 0 unspecified atom stereocenters. The van der Waals surface area contributed by atoms with Gasteiger partial charge in [0.05, 0.1) is 0 Å². The highest BCUT2D eigenvalue weighted by molar-refractivity contribution is 5.76. The number of rotatable bonds is 7. The van der Waals surface area contributed by atoms with Gasteiger partial charge in [0.2, 0.25) is 5.91 Å². The third-order valence-electron chi connectivity index (χ3n) is 5.86. The molecule has 28 heavy (non-hydrogen) atoms. The first-order valence-corrected chi connectivity index (χ1v) is 10.3. The average Bonchev–Trinajstić information content (AvgIpc) is 2.74. The van der Waals surface area contributed by atoms with Crippen LogP contribution in [-0.2, 0) is 10.4 Å². The second-order valence-corrected chi connectivity index (χ2v) is 8.06. The first-order valence-electron chi connectivity index (χ1n) is 10.3. The lowest BCUT2D eigenvalue weighted by Gasteiger charge is -2.42. The molecule has 2 aromatic rings. The number of piperidine rings is 1. The van der Waals surface area contributed by atoms with E-state index >= 15 is 0 Å². The van der Waals surface area contributed by atoms with Crippen LogP contribution in [-0.4, -0.2) is 54.5 Å². The minimum absolute atomic E-state index is 0.0862. The van der Waals surface area contributed by atoms with E-state index in [1.54, 1.807) is 0 Å². The fourth-order valence-corrected chi connectivity index (χ4v) is 4.27. The SMILES string of the molecule is CN(C)CCCC(=O)N1CCC(C(O)(c2ccccc2)c2ccccc2)CC1. The highest BCUT2D eigenvalue weighted by atomic mass is 16.3. The van der Waals surface area contributed by atoms with E-state index in [4.69, 9.17) is 0 Å². The molecule has 1 aliphatic heterocycles. The van der Waals surface area contributed by atoms with Gasteiger partial charge < -0.3 is 14.9 Å². The Morgan fingerprint density at radius 3 is 1.96 bits per heavy atom. The predicted molar refractivity (Wildman–Crippen MR) is 113 cm³/mol. The molecule has 0 aromatic heterocycles. The third-order valence-corrected chi connectivity index (χ3v) is 5.86. The molecule has 2 aromatic carbocycles. The molecule has 3 rings (SSSR count). The average molecular weight is 381 g/mol. The number of nitrogens with zero attached hydrogens (tertiary/aromatic N) is 2. The summed E-state index contributed by atoms with van der Waals surface area (Å²) in [5, 5.41) is 11.9. The molecule has 1 heterocycles. The van der Waals surface area contributed by atoms with Gasteiger partial charge in [-0.2, -0.15) is 0 Å². The zero-order chi connectivity index (χ0) is 20.0. The van der Waals surface area contributed by atoms with E-state index < -0.39 is 5.60 Å². The van der Waals surface area contributed by atoms with E-state index in [1.807, 2.05) is 79.7 Å². The van der Waals surface area contributed by atoms with Crippen LogP contribution in [0.4, 0.5) is 0 Å². The molecule has 0 aliphatic carbocycles. The maximum absolute atomic E-state index is 12.5. The maximum atomic E-state index is 12.5. The van der Waals surface area contributed by atoms with E-state index in [0.717, 1.165) is 36.9 Å². The van der Waals surface area contributed by atoms with Gasteiger partial charge in [0.1, 0.15) is 5.60 Å². The van der Waals surface area contributed by atoms with Gasteiger partial charge in [0, 0.05) is 19.5 Å². The number of benzene rings is 2. The van der Waals surface area contributed by atoms with Gasteiger partial charge in [0.25, 0.3) is 0 Å². The molecule has 1 fully saturated rings. The molecule has 4 nitrogen and oxygen atoms in total. The second-order valence-electron chi connectivity index (χ2n) is 8.06. The minimum Gasteiger partial charge on any atom is -0.380 e. The number of likely N-dealkylation sites (tertiary alicyclic amines) is 1. The van der Waals surface area contributed by atoms with Crippen LogP contribution in [0.2, 0.25) is 0 Å². The quantitative estimate of drug-likeness (QED) is 0.799. The van der Waals surface area contributed by atoms with Gasteiger partial charge in [-0.05, 0) is 56.9 Å². The van der Waals surface area contributed by atoms with E-state index in [9.17, 15) is 9.90 Å². The number of carbonyl (C=O) groups is 1. The van der Waals surface area contributed by atoms with Crippen LogP contribution in [0.3, 0.4) is 0 Å². The first kappa shape index (κ1) is 20.6. The normalized spacial score (nSPS) is 15.8. The minimum atomic E-state index is -1.03. The number of carbonyl (C=O) groups excluding carboxylic acids is 1. The van der Waals surface area contributed by atoms with Gasteiger partial charge in [-0.3, -0.25) is 4.79 Å². The molecule has 0 bridgehead atoms. The van der Waals surface area contributed by atoms with Gasteiger partial charge in [-0.1, -0.05) is 60.7 Å². The maximum Gasteiger partial charge on any atom is 0.222 e. The van der Waals surface area contributed by atoms with Crippen molar-refractivity contribution in [3.63, 3.8) is 0 Å². The summed E-state index contributed by atoms with van der Waals surface area (Å²) in [5.74, 6) is 0.325. The number of hydrogen-bond acceptors (Lipinski definition) is 3. The summed E-state index contributed by atoms with van der Waals surface area (Å²) in [7, 11) is 4.06. The predicted octanol–water partition coefficient (Wildman–Crippen LogP) is 3.50. The molecule has 0 saturated carbocycles. The van der Waals surface area contributed by atoms with E-state index in [-0.39, 0.29) is 11.8 Å². The smallest absolute Gasteiger partial charge is 0.222 e. The summed E-state index contributed by atoms with van der Waals surface area (Å²) in [4.78, 5) is 16.6. The van der Waals surface area contributed by atoms with Crippen LogP contribution in [0.1, 0.15) is 36.8 Å². The zero-order valence-electron chi connectivity index (χ0n) is 17.1. The summed E-state index contributed by atoms with van der Waals surface area (Å²) in [6.07, 6.45) is 3.10. The Bertz CT molecular complexity index is 698. The van der Waals surface area contributed by atoms with Crippen molar-refractivity contribution in [2.45, 2.75) is 31.3 Å². The standard InChI is InChI=1S/C24H32N2O2/c1-25(2)17-9-14-23(27)26-18-15-22(16-19-26)24(28,20-10-5-3-6-11-20)21-12-7-4-8-13-21/h3-8,10-13,22,28H,9,14-19H2,1-2H3. The zero-order valence-corrected chi connectivity index (χ0v) is 17.1. The molecular weight excluding hydrogens is 348 g/mol. The third kappa shape index (κ3) is 4.62. The van der Waals surface area contributed by atoms with Crippen molar-refractivity contribution in [1.29, 1.82) is 0 Å². The van der Waals surface area contributed by atoms with Crippen molar-refractivity contribution in [2.75, 3.05) is 33.7 Å². The van der Waals surface area contributed by atoms with Crippen LogP contribution >= 0.6 is 0 Å². The number of amides is 1. The summed E-state index contributed by atoms with van der Waals surface area (Å²) >= 11 is 0. The molecule has 0 atom stereocenters. The number of hydrogen-bond donors (Lipinski definition) is 1. The fraction of sp³-hybridized carbons (Fsp3) is 0.458. The Balaban J connectivity index is 1.72. The van der Waals surface area contributed by atoms with Crippen LogP contribution in [0.5, 0.6) is 0 Å². The molecule has 4 heteroatoms. The van der Waals surface area contributed by atoms with Crippen LogP contribution < -0.4 is 0 Å². The van der Waals surface area contributed by atoms with E-state index in [0.29, 0.717) is 19.5 Å². The Morgan fingerprint density at radius 2 is 1.50 bits per heavy atom. The number of aliphatic hydroxyl groups is 1. The summed E-state index contributed by atoms with van der Waals surface area (Å²) in [6, 6.07) is 19.9. The highest BCUT2D eigenvalue weighted by Gasteiger charge is 2.41. The molecule has 0 radical (unpaired) electrons. The lowest BCUT2D eigenvalue weighted by atomic mass is 9.72. The van der Waals surface area contributed by atoms with Crippen molar-refractivity contribution in [2.24, 2.45) is 5.92 Å². The van der Waals surface area contributed by atoms with Gasteiger partial charge in [0.15, 0.2) is 0 Å². The monoisotopic (exact) mass is 380 g/mol. The molecular formula is C24H32N2O2. The van der Waals surface area contributed by atoms with Gasteiger partial charge >= 0.3 is 0 Å². The van der Waals surface area contributed by atoms with Crippen LogP contribution in [0.25, 0.3) is 0 Å². The van der Waals surface area contributed by atoms with Crippen LogP contribution in [0, 0.1) is 5.92 Å². The first-order chi connectivity index (χ1) is 13.5. The van der Waals surface area contributed by atoms with Crippen LogP contribution in [0.15, 0.2) is 60.7 Å². The molecule has 1 N–H and O–H groups in total. The van der Waals surface area contributed by atoms with Crippen molar-refractivity contribution in [3.05, 3.63) is 71.8 Å². The highest BCUT2D eigenvalue weighted by Crippen LogP contribution is 2.41. The Labute approximate surface area is 168 Å². The second kappa shape index (κ2) is 9.35. The summed E-state index contributed by atoms with van der Waals surface area (Å²) in [6.45, 7) is 2.37. The van der Waals surface area contributed by atoms with Crippen molar-refractivity contribution >= 4 is 5.91 Å². The van der Waals surface area contributed by atoms with Gasteiger partial charge in [-0.15, -0.1) is 0 Å². The fourth-order valence-electron chi connectivity index (χ4n) is 4.27. The molecule has 0 spiro atoms. The van der Waals surface area contributed by atoms with Gasteiger partial charge in [-0.25, -0.2) is 0 Å². The molecule has 1 saturated heterocycles. The van der Waals surface area contributed by atoms with Crippen molar-refractivity contribution in [3.8, 4) is 0 Å². The largest absolute Gasteiger partial charge is 0.380 e. The van der Waals surface area contributed by atoms with E-state index in [2.05, 4.69) is 4.90 Å². The Hall–Kier alpha value is -2.17. The van der Waals surface area contributed by atoms with Crippen molar-refractivity contribution < 1.29 is 9.90 Å². The molecule has 150 valence electrons. The lowest BCUT2D eigenvalue weighted by molar-refractivity contribution is -0.134. The Morgan fingerprint density at radius 1 is 1.00 bits per heavy atom. The van der Waals surface area contributed by atoms with E-state index in [1.165, 1.54) is 0 Å². The van der Waals surface area contributed by atoms with Crippen molar-refractivity contribution in [1.82, 2.24) is 9.80 Å². The summed E-state index contributed by atoms with van der Waals surface area (Å²) in [5.41, 5.74) is 0.830. The topological polar surface area (TPSA) is 43.8 Å².